The molecule has 1 aromatic carbocycles. The molecule has 1 atom stereocenters. The van der Waals surface area contributed by atoms with Crippen LogP contribution in [0.4, 0.5) is 0 Å². The van der Waals surface area contributed by atoms with Crippen LogP contribution in [0.3, 0.4) is 0 Å². The molecule has 3 rings (SSSR count). The highest BCUT2D eigenvalue weighted by Gasteiger charge is 2.29. The maximum absolute atomic E-state index is 12.4. The lowest BCUT2D eigenvalue weighted by molar-refractivity contribution is 0.104. The van der Waals surface area contributed by atoms with E-state index < -0.39 is 0 Å². The van der Waals surface area contributed by atoms with Crippen LogP contribution in [0.1, 0.15) is 20.8 Å². The first-order chi connectivity index (χ1) is 9.61. The fourth-order valence-corrected chi connectivity index (χ4v) is 3.37. The zero-order valence-electron chi connectivity index (χ0n) is 10.2. The van der Waals surface area contributed by atoms with Crippen molar-refractivity contribution in [2.24, 2.45) is 0 Å². The number of hydrogen-bond acceptors (Lipinski definition) is 4. The van der Waals surface area contributed by atoms with Gasteiger partial charge in [-0.3, -0.25) is 4.79 Å². The predicted molar refractivity (Wildman–Crippen MR) is 79.4 cm³/mol. The molecule has 0 bridgehead atoms. The van der Waals surface area contributed by atoms with Crippen molar-refractivity contribution in [1.82, 2.24) is 0 Å². The fourth-order valence-electron chi connectivity index (χ4n) is 2.20. The third-order valence-corrected chi connectivity index (χ3v) is 4.88. The van der Waals surface area contributed by atoms with Gasteiger partial charge in [-0.15, -0.1) is 11.3 Å². The van der Waals surface area contributed by atoms with E-state index in [1.165, 1.54) is 11.3 Å². The van der Waals surface area contributed by atoms with Gasteiger partial charge in [0, 0.05) is 17.5 Å². The monoisotopic (exact) mass is 328 g/mol. The highest BCUT2D eigenvalue weighted by molar-refractivity contribution is 7.12. The molecule has 1 aromatic heterocycles. The molecule has 104 valence electrons. The number of fused-ring (bicyclic) bond motifs is 1. The fraction of sp³-hybridized carbons (Fsp3) is 0.214. The second-order valence-electron chi connectivity index (χ2n) is 4.47. The summed E-state index contributed by atoms with van der Waals surface area (Å²) in [4.78, 5) is 13.0. The molecule has 1 unspecified atom stereocenters. The Labute approximate surface area is 129 Å². The van der Waals surface area contributed by atoms with Gasteiger partial charge in [0.2, 0.25) is 5.78 Å². The summed E-state index contributed by atoms with van der Waals surface area (Å²) in [5.74, 6) is 0.320. The number of aliphatic hydroxyl groups excluding tert-OH is 1. The van der Waals surface area contributed by atoms with Crippen molar-refractivity contribution < 1.29 is 14.6 Å². The molecular weight excluding hydrogens is 319 g/mol. The Bertz CT molecular complexity index is 668. The summed E-state index contributed by atoms with van der Waals surface area (Å²) in [6.07, 6.45) is 0.193. The molecule has 0 fully saturated rings. The zero-order chi connectivity index (χ0) is 14.3. The average molecular weight is 329 g/mol. The largest absolute Gasteiger partial charge is 0.486 e. The van der Waals surface area contributed by atoms with Crippen molar-refractivity contribution in [3.63, 3.8) is 0 Å². The average Bonchev–Trinajstić information content (AvgIpc) is 3.10. The zero-order valence-corrected chi connectivity index (χ0v) is 12.6. The van der Waals surface area contributed by atoms with Gasteiger partial charge in [0.1, 0.15) is 16.9 Å². The number of ether oxygens (including phenoxy) is 1. The molecule has 20 heavy (non-hydrogen) atoms. The van der Waals surface area contributed by atoms with E-state index in [2.05, 4.69) is 0 Å². The Balaban J connectivity index is 2.07. The lowest BCUT2D eigenvalue weighted by atomic mass is 10.0. The molecule has 3 nitrogen and oxygen atoms in total. The van der Waals surface area contributed by atoms with Gasteiger partial charge in [-0.1, -0.05) is 29.3 Å². The Kier molecular flexibility index (Phi) is 3.73. The summed E-state index contributed by atoms with van der Waals surface area (Å²) in [5, 5.41) is 11.4. The predicted octanol–water partition coefficient (Wildman–Crippen LogP) is 3.58. The van der Waals surface area contributed by atoms with Gasteiger partial charge < -0.3 is 9.84 Å². The van der Waals surface area contributed by atoms with Crippen molar-refractivity contribution in [2.45, 2.75) is 12.5 Å². The molecule has 0 amide bonds. The minimum absolute atomic E-state index is 0.100. The molecule has 0 radical (unpaired) electrons. The third-order valence-electron chi connectivity index (χ3n) is 3.16. The molecular formula is C14H10Cl2O3S. The molecule has 2 heterocycles. The van der Waals surface area contributed by atoms with Crippen molar-refractivity contribution >= 4 is 40.3 Å². The van der Waals surface area contributed by atoms with Gasteiger partial charge in [-0.25, -0.2) is 0 Å². The summed E-state index contributed by atoms with van der Waals surface area (Å²) in [5.41, 5.74) is 1.18. The summed E-state index contributed by atoms with van der Waals surface area (Å²) in [7, 11) is 0. The number of rotatable bonds is 3. The van der Waals surface area contributed by atoms with Crippen LogP contribution in [0.5, 0.6) is 5.75 Å². The van der Waals surface area contributed by atoms with Crippen LogP contribution in [0.25, 0.3) is 0 Å². The SMILES string of the molecule is O=C(c1cccs1)c1cc2c(c(Cl)c1Cl)OC(CO)C2. The Morgan fingerprint density at radius 2 is 2.25 bits per heavy atom. The Morgan fingerprint density at radius 3 is 2.90 bits per heavy atom. The molecule has 1 N–H and O–H groups in total. The van der Waals surface area contributed by atoms with E-state index in [0.717, 1.165) is 5.56 Å². The molecule has 0 spiro atoms. The standard InChI is InChI=1S/C14H10Cl2O3S/c15-11-9(13(18)10-2-1-3-20-10)5-7-4-8(6-17)19-14(7)12(11)16/h1-3,5,8,17H,4,6H2. The first-order valence-electron chi connectivity index (χ1n) is 5.98. The van der Waals surface area contributed by atoms with Crippen LogP contribution in [0.15, 0.2) is 23.6 Å². The van der Waals surface area contributed by atoms with Gasteiger partial charge in [-0.2, -0.15) is 0 Å². The van der Waals surface area contributed by atoms with Gasteiger partial charge in [-0.05, 0) is 17.5 Å². The Morgan fingerprint density at radius 1 is 1.45 bits per heavy atom. The maximum atomic E-state index is 12.4. The van der Waals surface area contributed by atoms with Gasteiger partial charge in [0.15, 0.2) is 0 Å². The van der Waals surface area contributed by atoms with E-state index in [-0.39, 0.29) is 28.5 Å². The van der Waals surface area contributed by atoms with Crippen molar-refractivity contribution in [3.05, 3.63) is 49.6 Å². The summed E-state index contributed by atoms with van der Waals surface area (Å²) in [6.45, 7) is -0.100. The number of aliphatic hydroxyl groups is 1. The highest BCUT2D eigenvalue weighted by atomic mass is 35.5. The molecule has 1 aliphatic heterocycles. The van der Waals surface area contributed by atoms with Crippen LogP contribution < -0.4 is 4.74 Å². The molecule has 2 aromatic rings. The molecule has 1 aliphatic rings. The van der Waals surface area contributed by atoms with E-state index in [0.29, 0.717) is 22.6 Å². The molecule has 0 saturated heterocycles. The normalized spacial score (nSPS) is 16.9. The van der Waals surface area contributed by atoms with Crippen LogP contribution >= 0.6 is 34.5 Å². The van der Waals surface area contributed by atoms with E-state index >= 15 is 0 Å². The molecule has 0 aliphatic carbocycles. The number of carbonyl (C=O) groups is 1. The quantitative estimate of drug-likeness (QED) is 0.876. The Hall–Kier alpha value is -1.07. The van der Waals surface area contributed by atoms with Crippen LogP contribution in [-0.4, -0.2) is 23.6 Å². The minimum atomic E-state index is -0.328. The van der Waals surface area contributed by atoms with Gasteiger partial charge >= 0.3 is 0 Å². The third kappa shape index (κ3) is 2.23. The summed E-state index contributed by atoms with van der Waals surface area (Å²) in [6, 6.07) is 5.27. The highest BCUT2D eigenvalue weighted by Crippen LogP contribution is 2.43. The minimum Gasteiger partial charge on any atom is -0.486 e. The van der Waals surface area contributed by atoms with Crippen molar-refractivity contribution in [1.29, 1.82) is 0 Å². The van der Waals surface area contributed by atoms with Crippen molar-refractivity contribution in [2.75, 3.05) is 6.61 Å². The van der Waals surface area contributed by atoms with Crippen LogP contribution in [0.2, 0.25) is 10.0 Å². The van der Waals surface area contributed by atoms with E-state index in [9.17, 15) is 4.79 Å². The number of thiophene rings is 1. The number of carbonyl (C=O) groups excluding carboxylic acids is 1. The second kappa shape index (κ2) is 5.37. The number of ketones is 1. The first kappa shape index (κ1) is 13.9. The number of benzene rings is 1. The molecule has 6 heteroatoms. The smallest absolute Gasteiger partial charge is 0.204 e. The van der Waals surface area contributed by atoms with E-state index in [1.807, 2.05) is 11.4 Å². The van der Waals surface area contributed by atoms with E-state index in [1.54, 1.807) is 12.1 Å². The van der Waals surface area contributed by atoms with Crippen molar-refractivity contribution in [3.8, 4) is 5.75 Å². The first-order valence-corrected chi connectivity index (χ1v) is 7.62. The van der Waals surface area contributed by atoms with Crippen LogP contribution in [-0.2, 0) is 6.42 Å². The van der Waals surface area contributed by atoms with E-state index in [4.69, 9.17) is 33.0 Å². The summed E-state index contributed by atoms with van der Waals surface area (Å²) < 4.78 is 5.52. The molecule has 0 saturated carbocycles. The lowest BCUT2D eigenvalue weighted by Gasteiger charge is -2.09. The van der Waals surface area contributed by atoms with Crippen LogP contribution in [0, 0.1) is 0 Å². The topological polar surface area (TPSA) is 46.5 Å². The lowest BCUT2D eigenvalue weighted by Crippen LogP contribution is -2.17. The number of hydrogen-bond donors (Lipinski definition) is 1. The maximum Gasteiger partial charge on any atom is 0.204 e. The van der Waals surface area contributed by atoms with Gasteiger partial charge in [0.25, 0.3) is 0 Å². The second-order valence-corrected chi connectivity index (χ2v) is 6.18. The number of halogens is 2. The van der Waals surface area contributed by atoms with Gasteiger partial charge in [0.05, 0.1) is 16.5 Å². The summed E-state index contributed by atoms with van der Waals surface area (Å²) >= 11 is 13.7.